The summed E-state index contributed by atoms with van der Waals surface area (Å²) in [4.78, 5) is 33.5. The highest BCUT2D eigenvalue weighted by Crippen LogP contribution is 2.21. The fraction of sp³-hybridized carbons (Fsp3) is 0.353. The van der Waals surface area contributed by atoms with Gasteiger partial charge >= 0.3 is 0 Å². The van der Waals surface area contributed by atoms with Crippen molar-refractivity contribution in [3.05, 3.63) is 40.8 Å². The molecule has 0 bridgehead atoms. The largest absolute Gasteiger partial charge is 0.343 e. The molecule has 3 rings (SSSR count). The molecule has 0 saturated carbocycles. The Hall–Kier alpha value is -2.15. The molecule has 0 radical (unpaired) electrons. The summed E-state index contributed by atoms with van der Waals surface area (Å²) in [6.45, 7) is 4.21. The fourth-order valence-electron chi connectivity index (χ4n) is 2.71. The van der Waals surface area contributed by atoms with Crippen molar-refractivity contribution in [2.75, 3.05) is 6.54 Å². The Kier molecular flexibility index (Phi) is 4.71. The highest BCUT2D eigenvalue weighted by atomic mass is 79.9. The number of aromatic nitrogens is 2. The number of nitrogens with one attached hydrogen (secondary N) is 2. The van der Waals surface area contributed by atoms with E-state index in [0.717, 1.165) is 15.7 Å². The Morgan fingerprint density at radius 3 is 2.67 bits per heavy atom. The van der Waals surface area contributed by atoms with Gasteiger partial charge in [-0.1, -0.05) is 41.9 Å². The smallest absolute Gasteiger partial charge is 0.246 e. The molecule has 1 aliphatic heterocycles. The first-order chi connectivity index (χ1) is 11.4. The molecule has 1 saturated heterocycles. The predicted octanol–water partition coefficient (Wildman–Crippen LogP) is 2.32. The van der Waals surface area contributed by atoms with Crippen LogP contribution in [0.5, 0.6) is 0 Å². The van der Waals surface area contributed by atoms with Gasteiger partial charge in [0.15, 0.2) is 0 Å². The fourth-order valence-corrected chi connectivity index (χ4v) is 2.98. The average molecular weight is 391 g/mol. The van der Waals surface area contributed by atoms with Crippen molar-refractivity contribution >= 4 is 27.7 Å². The van der Waals surface area contributed by atoms with Crippen molar-refractivity contribution in [2.45, 2.75) is 26.4 Å². The number of aromatic amines is 1. The number of halogens is 1. The first-order valence-corrected chi connectivity index (χ1v) is 8.61. The van der Waals surface area contributed by atoms with Crippen LogP contribution >= 0.6 is 15.9 Å². The molecule has 24 heavy (non-hydrogen) atoms. The number of rotatable bonds is 4. The number of H-pyrrole nitrogens is 1. The molecular formula is C17H19BrN4O2. The maximum Gasteiger partial charge on any atom is 0.246 e. The number of piperazine rings is 1. The second kappa shape index (κ2) is 6.76. The summed E-state index contributed by atoms with van der Waals surface area (Å²) in [7, 11) is 0. The minimum absolute atomic E-state index is 0.0548. The van der Waals surface area contributed by atoms with E-state index in [1.807, 2.05) is 38.1 Å². The van der Waals surface area contributed by atoms with E-state index in [0.29, 0.717) is 12.4 Å². The lowest BCUT2D eigenvalue weighted by Gasteiger charge is -2.33. The molecule has 6 nitrogen and oxygen atoms in total. The Balaban J connectivity index is 1.75. The topological polar surface area (TPSA) is 78.1 Å². The molecule has 2 amide bonds. The Morgan fingerprint density at radius 2 is 2.00 bits per heavy atom. The minimum atomic E-state index is -0.466. The third-order valence-corrected chi connectivity index (χ3v) is 4.55. The van der Waals surface area contributed by atoms with Crippen molar-refractivity contribution in [1.82, 2.24) is 20.2 Å². The third-order valence-electron chi connectivity index (χ3n) is 4.02. The van der Waals surface area contributed by atoms with Gasteiger partial charge in [-0.3, -0.25) is 9.59 Å². The van der Waals surface area contributed by atoms with Crippen LogP contribution < -0.4 is 5.32 Å². The van der Waals surface area contributed by atoms with Crippen molar-refractivity contribution < 1.29 is 9.59 Å². The van der Waals surface area contributed by atoms with Gasteiger partial charge in [0.05, 0.1) is 18.4 Å². The quantitative estimate of drug-likeness (QED) is 0.840. The van der Waals surface area contributed by atoms with Gasteiger partial charge in [-0.05, 0) is 23.6 Å². The molecule has 7 heteroatoms. The summed E-state index contributed by atoms with van der Waals surface area (Å²) in [6.07, 6.45) is 1.74. The van der Waals surface area contributed by atoms with Crippen molar-refractivity contribution in [3.8, 4) is 11.3 Å². The van der Waals surface area contributed by atoms with E-state index in [9.17, 15) is 9.59 Å². The zero-order valence-corrected chi connectivity index (χ0v) is 15.1. The van der Waals surface area contributed by atoms with Crippen LogP contribution in [0.25, 0.3) is 11.3 Å². The van der Waals surface area contributed by atoms with Crippen molar-refractivity contribution in [3.63, 3.8) is 0 Å². The number of amides is 2. The summed E-state index contributed by atoms with van der Waals surface area (Å²) in [6, 6.07) is 7.42. The van der Waals surface area contributed by atoms with E-state index < -0.39 is 6.04 Å². The molecule has 126 valence electrons. The highest BCUT2D eigenvalue weighted by Gasteiger charge is 2.34. The average Bonchev–Trinajstić information content (AvgIpc) is 2.99. The molecule has 2 N–H and O–H groups in total. The number of nitrogens with zero attached hydrogens (tertiary/aromatic N) is 2. The number of hydrogen-bond donors (Lipinski definition) is 2. The molecule has 1 aliphatic rings. The molecule has 0 spiro atoms. The summed E-state index contributed by atoms with van der Waals surface area (Å²) in [5.74, 6) is 0.525. The summed E-state index contributed by atoms with van der Waals surface area (Å²) in [5, 5.41) is 2.75. The predicted molar refractivity (Wildman–Crippen MR) is 93.9 cm³/mol. The molecule has 2 aromatic rings. The maximum absolute atomic E-state index is 12.5. The van der Waals surface area contributed by atoms with Crippen molar-refractivity contribution in [1.29, 1.82) is 0 Å². The number of imidazole rings is 1. The van der Waals surface area contributed by atoms with Crippen molar-refractivity contribution in [2.24, 2.45) is 5.92 Å². The van der Waals surface area contributed by atoms with E-state index in [-0.39, 0.29) is 24.3 Å². The SMILES string of the molecule is CC(C)[C@@H]1NC(=O)CN(Cc2ncc(-c3ccc(Br)cc3)[nH]2)C1=O. The van der Waals surface area contributed by atoms with Gasteiger partial charge in [-0.15, -0.1) is 0 Å². The summed E-state index contributed by atoms with van der Waals surface area (Å²) < 4.78 is 1.01. The summed E-state index contributed by atoms with van der Waals surface area (Å²) in [5.41, 5.74) is 1.89. The molecule has 1 atom stereocenters. The van der Waals surface area contributed by atoms with Crippen LogP contribution in [0, 0.1) is 5.92 Å². The molecule has 0 unspecified atom stereocenters. The second-order valence-electron chi connectivity index (χ2n) is 6.23. The Labute approximate surface area is 148 Å². The number of carbonyl (C=O) groups excluding carboxylic acids is 2. The lowest BCUT2D eigenvalue weighted by atomic mass is 10.0. The standard InChI is InChI=1S/C17H19BrN4O2/c1-10(2)16-17(24)22(9-15(23)21-16)8-14-19-7-13(20-14)11-3-5-12(18)6-4-11/h3-7,10,16H,8-9H2,1-2H3,(H,19,20)(H,21,23)/t16-/m0/s1. The van der Waals surface area contributed by atoms with Crippen LogP contribution in [0.1, 0.15) is 19.7 Å². The Bertz CT molecular complexity index is 754. The zero-order valence-electron chi connectivity index (χ0n) is 13.5. The van der Waals surface area contributed by atoms with Crippen LogP contribution in [0.3, 0.4) is 0 Å². The normalized spacial score (nSPS) is 18.2. The monoisotopic (exact) mass is 390 g/mol. The van der Waals surface area contributed by atoms with E-state index in [2.05, 4.69) is 31.2 Å². The van der Waals surface area contributed by atoms with E-state index in [4.69, 9.17) is 0 Å². The van der Waals surface area contributed by atoms with E-state index >= 15 is 0 Å². The maximum atomic E-state index is 12.5. The van der Waals surface area contributed by atoms with Gasteiger partial charge in [0.25, 0.3) is 0 Å². The molecule has 1 fully saturated rings. The lowest BCUT2D eigenvalue weighted by molar-refractivity contribution is -0.146. The van der Waals surface area contributed by atoms with Crippen LogP contribution in [-0.2, 0) is 16.1 Å². The highest BCUT2D eigenvalue weighted by molar-refractivity contribution is 9.10. The first-order valence-electron chi connectivity index (χ1n) is 7.82. The van der Waals surface area contributed by atoms with Gasteiger partial charge in [0.2, 0.25) is 11.8 Å². The van der Waals surface area contributed by atoms with E-state index in [1.54, 1.807) is 11.1 Å². The lowest BCUT2D eigenvalue weighted by Crippen LogP contribution is -2.59. The molecule has 0 aliphatic carbocycles. The number of carbonyl (C=O) groups is 2. The van der Waals surface area contributed by atoms with Gasteiger partial charge in [0.1, 0.15) is 18.4 Å². The van der Waals surface area contributed by atoms with Gasteiger partial charge in [-0.2, -0.15) is 0 Å². The first kappa shape index (κ1) is 16.7. The second-order valence-corrected chi connectivity index (χ2v) is 7.15. The molecule has 1 aromatic heterocycles. The van der Waals surface area contributed by atoms with Crippen LogP contribution in [-0.4, -0.2) is 39.3 Å². The van der Waals surface area contributed by atoms with Crippen LogP contribution in [0.2, 0.25) is 0 Å². The Morgan fingerprint density at radius 1 is 1.29 bits per heavy atom. The molecule has 2 heterocycles. The number of hydrogen-bond acceptors (Lipinski definition) is 3. The summed E-state index contributed by atoms with van der Waals surface area (Å²) >= 11 is 3.41. The van der Waals surface area contributed by atoms with Gasteiger partial charge in [0, 0.05) is 4.47 Å². The van der Waals surface area contributed by atoms with Crippen LogP contribution in [0.15, 0.2) is 34.9 Å². The van der Waals surface area contributed by atoms with Gasteiger partial charge in [-0.25, -0.2) is 4.98 Å². The number of benzene rings is 1. The zero-order chi connectivity index (χ0) is 17.3. The third kappa shape index (κ3) is 3.51. The van der Waals surface area contributed by atoms with Gasteiger partial charge < -0.3 is 15.2 Å². The molecule has 1 aromatic carbocycles. The van der Waals surface area contributed by atoms with E-state index in [1.165, 1.54) is 0 Å². The molecular weight excluding hydrogens is 372 g/mol. The van der Waals surface area contributed by atoms with Crippen LogP contribution in [0.4, 0.5) is 0 Å². The minimum Gasteiger partial charge on any atom is -0.343 e.